The molecule has 9 heteroatoms. The molecule has 5 aromatic rings. The molecule has 2 aliphatic rings. The maximum absolute atomic E-state index is 15.0. The number of benzene rings is 3. The van der Waals surface area contributed by atoms with Crippen LogP contribution in [-0.4, -0.2) is 22.0 Å². The molecule has 1 spiro atoms. The van der Waals surface area contributed by atoms with Crippen molar-refractivity contribution in [2.45, 2.75) is 46.2 Å². The summed E-state index contributed by atoms with van der Waals surface area (Å²) in [6.07, 6.45) is 0.671. The third-order valence-electron chi connectivity index (χ3n) is 7.93. The number of rotatable bonds is 5. The largest absolute Gasteiger partial charge is 0.450 e. The van der Waals surface area contributed by atoms with E-state index < -0.39 is 22.8 Å². The maximum atomic E-state index is 15.0. The van der Waals surface area contributed by atoms with Gasteiger partial charge in [0.15, 0.2) is 11.0 Å². The van der Waals surface area contributed by atoms with E-state index in [0.29, 0.717) is 34.6 Å². The van der Waals surface area contributed by atoms with Crippen LogP contribution in [0.2, 0.25) is 0 Å². The molecule has 0 aliphatic carbocycles. The van der Waals surface area contributed by atoms with Gasteiger partial charge in [-0.3, -0.25) is 19.3 Å². The zero-order chi connectivity index (χ0) is 29.3. The maximum Gasteiger partial charge on any atom is 0.297 e. The van der Waals surface area contributed by atoms with Crippen molar-refractivity contribution in [3.05, 3.63) is 116 Å². The van der Waals surface area contributed by atoms with Crippen LogP contribution in [-0.2, 0) is 23.3 Å². The number of hydrogen-bond donors (Lipinski definition) is 0. The van der Waals surface area contributed by atoms with Crippen LogP contribution in [0.1, 0.15) is 57.2 Å². The third kappa shape index (κ3) is 3.69. The van der Waals surface area contributed by atoms with Crippen molar-refractivity contribution in [3.63, 3.8) is 0 Å². The number of carbonyl (C=O) groups excluding carboxylic acids is 2. The second kappa shape index (κ2) is 9.46. The first-order chi connectivity index (χ1) is 20.2. The van der Waals surface area contributed by atoms with E-state index in [-0.39, 0.29) is 23.0 Å². The minimum absolute atomic E-state index is 0.0235. The number of aromatic nitrogens is 2. The molecule has 4 heterocycles. The molecule has 210 valence electrons. The fourth-order valence-corrected chi connectivity index (χ4v) is 7.30. The van der Waals surface area contributed by atoms with E-state index in [9.17, 15) is 9.59 Å². The molecule has 0 bridgehead atoms. The Kier molecular flexibility index (Phi) is 5.92. The van der Waals surface area contributed by atoms with Crippen LogP contribution in [0.4, 0.5) is 10.8 Å². The van der Waals surface area contributed by atoms with Gasteiger partial charge in [-0.2, -0.15) is 0 Å². The van der Waals surface area contributed by atoms with Crippen LogP contribution in [0.25, 0.3) is 11.0 Å². The SMILES string of the molecule is Cc1cccc(CN2C(=O)C3(c4ccccc42)c2c(oc4ccc(C)cc4c2=O)C(=O)N3c2nnc(CC(C)C)s2)c1. The number of fused-ring (bicyclic) bond motifs is 5. The van der Waals surface area contributed by atoms with E-state index in [1.54, 1.807) is 17.0 Å². The zero-order valence-electron chi connectivity index (χ0n) is 23.7. The van der Waals surface area contributed by atoms with Crippen molar-refractivity contribution in [2.75, 3.05) is 9.80 Å². The first kappa shape index (κ1) is 26.3. The van der Waals surface area contributed by atoms with Crippen LogP contribution in [0.5, 0.6) is 0 Å². The van der Waals surface area contributed by atoms with Crippen LogP contribution in [0.15, 0.2) is 75.9 Å². The van der Waals surface area contributed by atoms with Gasteiger partial charge in [0.2, 0.25) is 10.9 Å². The van der Waals surface area contributed by atoms with Crippen molar-refractivity contribution in [1.82, 2.24) is 10.2 Å². The van der Waals surface area contributed by atoms with Gasteiger partial charge in [-0.05, 0) is 43.5 Å². The molecule has 2 aromatic heterocycles. The highest BCUT2D eigenvalue weighted by Gasteiger charge is 2.66. The number of para-hydroxylation sites is 1. The summed E-state index contributed by atoms with van der Waals surface area (Å²) in [6, 6.07) is 20.6. The number of aryl methyl sites for hydroxylation is 2. The summed E-state index contributed by atoms with van der Waals surface area (Å²) in [4.78, 5) is 46.8. The molecular formula is C33H28N4O4S. The van der Waals surface area contributed by atoms with Crippen LogP contribution < -0.4 is 15.2 Å². The summed E-state index contributed by atoms with van der Waals surface area (Å²) in [6.45, 7) is 8.31. The molecule has 0 fully saturated rings. The molecule has 2 aliphatic heterocycles. The molecule has 0 radical (unpaired) electrons. The first-order valence-corrected chi connectivity index (χ1v) is 14.7. The normalized spacial score (nSPS) is 17.6. The van der Waals surface area contributed by atoms with Crippen molar-refractivity contribution < 1.29 is 14.0 Å². The quantitative estimate of drug-likeness (QED) is 0.258. The van der Waals surface area contributed by atoms with E-state index >= 15 is 4.79 Å². The second-order valence-electron chi connectivity index (χ2n) is 11.5. The number of amides is 2. The summed E-state index contributed by atoms with van der Waals surface area (Å²) in [5.74, 6) is -0.811. The third-order valence-corrected chi connectivity index (χ3v) is 8.86. The molecule has 7 rings (SSSR count). The molecule has 1 atom stereocenters. The fourth-order valence-electron chi connectivity index (χ4n) is 6.19. The lowest BCUT2D eigenvalue weighted by molar-refractivity contribution is -0.121. The molecule has 0 saturated heterocycles. The Morgan fingerprint density at radius 3 is 2.50 bits per heavy atom. The molecule has 42 heavy (non-hydrogen) atoms. The standard InChI is InChI=1S/C33H28N4O4S/c1-18(2)14-26-34-35-32(42-26)37-30(39)29-27(28(38)22-16-20(4)12-13-25(22)41-29)33(37)23-10-5-6-11-24(23)36(31(33)40)17-21-9-7-8-19(3)15-21/h5-13,15-16,18H,14,17H2,1-4H3. The van der Waals surface area contributed by atoms with Gasteiger partial charge in [-0.15, -0.1) is 10.2 Å². The molecule has 0 N–H and O–H groups in total. The predicted molar refractivity (Wildman–Crippen MR) is 162 cm³/mol. The van der Waals surface area contributed by atoms with Gasteiger partial charge >= 0.3 is 0 Å². The summed E-state index contributed by atoms with van der Waals surface area (Å²) in [5, 5.41) is 10.1. The van der Waals surface area contributed by atoms with Crippen molar-refractivity contribution >= 4 is 44.9 Å². The van der Waals surface area contributed by atoms with Crippen molar-refractivity contribution in [3.8, 4) is 0 Å². The lowest BCUT2D eigenvalue weighted by Crippen LogP contribution is -2.53. The van der Waals surface area contributed by atoms with Gasteiger partial charge in [-0.1, -0.05) is 84.8 Å². The molecule has 2 amide bonds. The van der Waals surface area contributed by atoms with Crippen molar-refractivity contribution in [2.24, 2.45) is 5.92 Å². The fraction of sp³-hybridized carbons (Fsp3) is 0.242. The van der Waals surface area contributed by atoms with Gasteiger partial charge in [0.05, 0.1) is 23.2 Å². The molecule has 1 unspecified atom stereocenters. The number of hydrogen-bond acceptors (Lipinski definition) is 7. The Morgan fingerprint density at radius 2 is 1.71 bits per heavy atom. The van der Waals surface area contributed by atoms with Gasteiger partial charge in [0.1, 0.15) is 10.6 Å². The molecule has 3 aromatic carbocycles. The summed E-state index contributed by atoms with van der Waals surface area (Å²) < 4.78 is 6.19. The van der Waals surface area contributed by atoms with E-state index in [2.05, 4.69) is 24.0 Å². The van der Waals surface area contributed by atoms with E-state index in [0.717, 1.165) is 21.7 Å². The van der Waals surface area contributed by atoms with Gasteiger partial charge < -0.3 is 9.32 Å². The summed E-state index contributed by atoms with van der Waals surface area (Å²) >= 11 is 1.26. The Bertz CT molecular complexity index is 1990. The van der Waals surface area contributed by atoms with Crippen LogP contribution >= 0.6 is 11.3 Å². The Labute approximate surface area is 246 Å². The molecule has 8 nitrogen and oxygen atoms in total. The van der Waals surface area contributed by atoms with Gasteiger partial charge in [0, 0.05) is 12.0 Å². The molecule has 0 saturated carbocycles. The van der Waals surface area contributed by atoms with Gasteiger partial charge in [-0.25, -0.2) is 0 Å². The minimum atomic E-state index is -1.79. The summed E-state index contributed by atoms with van der Waals surface area (Å²) in [5.41, 5.74) is 2.16. The topological polar surface area (TPSA) is 96.6 Å². The van der Waals surface area contributed by atoms with E-state index in [1.807, 2.05) is 68.4 Å². The lowest BCUT2D eigenvalue weighted by atomic mass is 9.84. The zero-order valence-corrected chi connectivity index (χ0v) is 24.5. The second-order valence-corrected chi connectivity index (χ2v) is 12.5. The monoisotopic (exact) mass is 576 g/mol. The first-order valence-electron chi connectivity index (χ1n) is 13.9. The lowest BCUT2D eigenvalue weighted by Gasteiger charge is -2.32. The smallest absolute Gasteiger partial charge is 0.297 e. The number of carbonyl (C=O) groups is 2. The van der Waals surface area contributed by atoms with Gasteiger partial charge in [0.25, 0.3) is 11.8 Å². The highest BCUT2D eigenvalue weighted by Crippen LogP contribution is 2.54. The van der Waals surface area contributed by atoms with Crippen LogP contribution in [0.3, 0.4) is 0 Å². The van der Waals surface area contributed by atoms with Crippen LogP contribution in [0, 0.1) is 19.8 Å². The Morgan fingerprint density at radius 1 is 0.929 bits per heavy atom. The predicted octanol–water partition coefficient (Wildman–Crippen LogP) is 5.91. The minimum Gasteiger partial charge on any atom is -0.450 e. The summed E-state index contributed by atoms with van der Waals surface area (Å²) in [7, 11) is 0. The number of anilines is 2. The Balaban J connectivity index is 1.53. The van der Waals surface area contributed by atoms with E-state index in [1.165, 1.54) is 16.2 Å². The number of nitrogens with zero attached hydrogens (tertiary/aromatic N) is 4. The molecular weight excluding hydrogens is 548 g/mol. The van der Waals surface area contributed by atoms with E-state index in [4.69, 9.17) is 4.42 Å². The highest BCUT2D eigenvalue weighted by molar-refractivity contribution is 7.15. The van der Waals surface area contributed by atoms with Crippen molar-refractivity contribution in [1.29, 1.82) is 0 Å². The average Bonchev–Trinajstić information content (AvgIpc) is 3.58. The highest BCUT2D eigenvalue weighted by atomic mass is 32.1. The Hall–Kier alpha value is -4.63. The average molecular weight is 577 g/mol.